The van der Waals surface area contributed by atoms with Crippen molar-refractivity contribution in [2.45, 2.75) is 52.2 Å². The first-order valence-corrected chi connectivity index (χ1v) is 7.06. The number of carboxylic acids is 1. The van der Waals surface area contributed by atoms with Gasteiger partial charge in [-0.1, -0.05) is 0 Å². The van der Waals surface area contributed by atoms with Crippen LogP contribution in [0.1, 0.15) is 40.5 Å². The number of carbonyl (C=O) groups is 3. The van der Waals surface area contributed by atoms with Crippen LogP contribution in [-0.2, 0) is 19.1 Å². The van der Waals surface area contributed by atoms with Crippen molar-refractivity contribution in [1.82, 2.24) is 4.90 Å². The number of esters is 1. The summed E-state index contributed by atoms with van der Waals surface area (Å²) in [4.78, 5) is 36.7. The van der Waals surface area contributed by atoms with Gasteiger partial charge in [0.05, 0.1) is 12.5 Å². The van der Waals surface area contributed by atoms with E-state index >= 15 is 0 Å². The normalized spacial score (nSPS) is 22.6. The summed E-state index contributed by atoms with van der Waals surface area (Å²) in [6.45, 7) is 7.19. The number of aliphatic carboxylic acids is 1. The lowest BCUT2D eigenvalue weighted by Gasteiger charge is -2.38. The number of carboxylic acid groups (broad SMARTS) is 1. The molecule has 0 aliphatic carbocycles. The zero-order chi connectivity index (χ0) is 16.2. The Morgan fingerprint density at radius 2 is 1.90 bits per heavy atom. The Morgan fingerprint density at radius 1 is 1.29 bits per heavy atom. The van der Waals surface area contributed by atoms with Gasteiger partial charge in [0, 0.05) is 6.54 Å². The van der Waals surface area contributed by atoms with Crippen LogP contribution in [0.5, 0.6) is 0 Å². The Bertz CT molecular complexity index is 414. The first kappa shape index (κ1) is 17.3. The predicted molar refractivity (Wildman–Crippen MR) is 73.7 cm³/mol. The van der Waals surface area contributed by atoms with Gasteiger partial charge in [0.25, 0.3) is 0 Å². The summed E-state index contributed by atoms with van der Waals surface area (Å²) in [6, 6.07) is -1.24. The fraction of sp³-hybridized carbons (Fsp3) is 0.786. The molecule has 0 radical (unpaired) electrons. The van der Waals surface area contributed by atoms with Crippen molar-refractivity contribution >= 4 is 18.0 Å². The minimum Gasteiger partial charge on any atom is -0.480 e. The molecule has 0 aromatic heterocycles. The molecule has 2 atom stereocenters. The van der Waals surface area contributed by atoms with Crippen LogP contribution in [0.4, 0.5) is 4.79 Å². The number of carbonyl (C=O) groups excluding carboxylic acids is 2. The van der Waals surface area contributed by atoms with Crippen LogP contribution < -0.4 is 0 Å². The summed E-state index contributed by atoms with van der Waals surface area (Å²) in [7, 11) is 0. The second-order valence-corrected chi connectivity index (χ2v) is 5.96. The van der Waals surface area contributed by atoms with Crippen molar-refractivity contribution in [2.75, 3.05) is 13.2 Å². The third kappa shape index (κ3) is 4.61. The molecule has 0 bridgehead atoms. The molecular formula is C14H23NO6. The maximum Gasteiger partial charge on any atom is 0.411 e. The van der Waals surface area contributed by atoms with Gasteiger partial charge in [0.1, 0.15) is 11.6 Å². The Hall–Kier alpha value is -1.79. The number of hydrogen-bond acceptors (Lipinski definition) is 5. The smallest absolute Gasteiger partial charge is 0.411 e. The van der Waals surface area contributed by atoms with Crippen molar-refractivity contribution in [3.8, 4) is 0 Å². The van der Waals surface area contributed by atoms with Crippen LogP contribution in [0.2, 0.25) is 0 Å². The van der Waals surface area contributed by atoms with Crippen molar-refractivity contribution in [2.24, 2.45) is 5.92 Å². The minimum atomic E-state index is -1.24. The molecule has 0 spiro atoms. The molecule has 7 nitrogen and oxygen atoms in total. The SMILES string of the molecule is CCOC(=O)[C@H]1CCCN(C(=O)OC(C)(C)C)[C@H]1C(=O)O. The van der Waals surface area contributed by atoms with Crippen LogP contribution >= 0.6 is 0 Å². The molecule has 1 heterocycles. The molecule has 1 saturated heterocycles. The topological polar surface area (TPSA) is 93.1 Å². The fourth-order valence-electron chi connectivity index (χ4n) is 2.32. The molecule has 0 saturated carbocycles. The molecule has 0 aromatic rings. The third-order valence-electron chi connectivity index (χ3n) is 3.10. The Morgan fingerprint density at radius 3 is 2.38 bits per heavy atom. The lowest BCUT2D eigenvalue weighted by Crippen LogP contribution is -2.55. The van der Waals surface area contributed by atoms with Gasteiger partial charge in [-0.2, -0.15) is 0 Å². The van der Waals surface area contributed by atoms with Gasteiger partial charge in [0.15, 0.2) is 0 Å². The molecule has 120 valence electrons. The maximum absolute atomic E-state index is 12.1. The zero-order valence-corrected chi connectivity index (χ0v) is 12.9. The standard InChI is InChI=1S/C14H23NO6/c1-5-20-12(18)9-7-6-8-15(10(9)11(16)17)13(19)21-14(2,3)4/h9-10H,5-8H2,1-4H3,(H,16,17)/t9-,10+/m0/s1. The van der Waals surface area contributed by atoms with E-state index in [1.54, 1.807) is 27.7 Å². The van der Waals surface area contributed by atoms with E-state index in [2.05, 4.69) is 0 Å². The quantitative estimate of drug-likeness (QED) is 0.797. The van der Waals surface area contributed by atoms with Crippen LogP contribution in [0.25, 0.3) is 0 Å². The maximum atomic E-state index is 12.1. The highest BCUT2D eigenvalue weighted by molar-refractivity contribution is 5.87. The highest BCUT2D eigenvalue weighted by atomic mass is 16.6. The van der Waals surface area contributed by atoms with Crippen molar-refractivity contribution in [1.29, 1.82) is 0 Å². The van der Waals surface area contributed by atoms with Gasteiger partial charge >= 0.3 is 18.0 Å². The second-order valence-electron chi connectivity index (χ2n) is 5.96. The Kier molecular flexibility index (Phi) is 5.57. The van der Waals surface area contributed by atoms with E-state index in [1.807, 2.05) is 0 Å². The van der Waals surface area contributed by atoms with E-state index in [9.17, 15) is 19.5 Å². The van der Waals surface area contributed by atoms with E-state index in [0.717, 1.165) is 4.90 Å². The van der Waals surface area contributed by atoms with E-state index < -0.39 is 35.6 Å². The first-order chi connectivity index (χ1) is 9.67. The van der Waals surface area contributed by atoms with Gasteiger partial charge in [-0.05, 0) is 40.5 Å². The van der Waals surface area contributed by atoms with Gasteiger partial charge in [-0.3, -0.25) is 9.69 Å². The number of rotatable bonds is 3. The first-order valence-electron chi connectivity index (χ1n) is 7.06. The highest BCUT2D eigenvalue weighted by Gasteiger charge is 2.45. The molecule has 0 aromatic carbocycles. The zero-order valence-electron chi connectivity index (χ0n) is 12.9. The largest absolute Gasteiger partial charge is 0.480 e. The Labute approximate surface area is 124 Å². The average molecular weight is 301 g/mol. The van der Waals surface area contributed by atoms with Crippen LogP contribution in [0, 0.1) is 5.92 Å². The molecule has 1 rings (SSSR count). The van der Waals surface area contributed by atoms with Crippen LogP contribution in [0.15, 0.2) is 0 Å². The molecule has 7 heteroatoms. The molecule has 21 heavy (non-hydrogen) atoms. The summed E-state index contributed by atoms with van der Waals surface area (Å²) >= 11 is 0. The number of ether oxygens (including phenoxy) is 2. The highest BCUT2D eigenvalue weighted by Crippen LogP contribution is 2.27. The van der Waals surface area contributed by atoms with Gasteiger partial charge in [0.2, 0.25) is 0 Å². The molecule has 1 aliphatic heterocycles. The monoisotopic (exact) mass is 301 g/mol. The van der Waals surface area contributed by atoms with Gasteiger partial charge in [-0.25, -0.2) is 9.59 Å². The average Bonchev–Trinajstić information content (AvgIpc) is 2.35. The van der Waals surface area contributed by atoms with E-state index in [1.165, 1.54) is 0 Å². The summed E-state index contributed by atoms with van der Waals surface area (Å²) < 4.78 is 10.1. The molecule has 1 amide bonds. The van der Waals surface area contributed by atoms with Crippen molar-refractivity contribution in [3.63, 3.8) is 0 Å². The van der Waals surface area contributed by atoms with Crippen LogP contribution in [0.3, 0.4) is 0 Å². The number of likely N-dealkylation sites (tertiary alicyclic amines) is 1. The summed E-state index contributed by atoms with van der Waals surface area (Å²) in [5.41, 5.74) is -0.725. The summed E-state index contributed by atoms with van der Waals surface area (Å²) in [6.07, 6.45) is 0.200. The van der Waals surface area contributed by atoms with E-state index in [-0.39, 0.29) is 13.2 Å². The number of hydrogen-bond donors (Lipinski definition) is 1. The van der Waals surface area contributed by atoms with Crippen LogP contribution in [-0.4, -0.2) is 52.8 Å². The predicted octanol–water partition coefficient (Wildman–Crippen LogP) is 1.65. The van der Waals surface area contributed by atoms with E-state index in [0.29, 0.717) is 12.8 Å². The molecule has 1 N–H and O–H groups in total. The minimum absolute atomic E-state index is 0.175. The lowest BCUT2D eigenvalue weighted by molar-refractivity contribution is -0.161. The lowest BCUT2D eigenvalue weighted by atomic mass is 9.89. The third-order valence-corrected chi connectivity index (χ3v) is 3.10. The van der Waals surface area contributed by atoms with E-state index in [4.69, 9.17) is 9.47 Å². The summed E-state index contributed by atoms with van der Waals surface area (Å²) in [5, 5.41) is 9.39. The summed E-state index contributed by atoms with van der Waals surface area (Å²) in [5.74, 6) is -2.67. The second kappa shape index (κ2) is 6.78. The fourth-order valence-corrected chi connectivity index (χ4v) is 2.32. The molecular weight excluding hydrogens is 278 g/mol. The van der Waals surface area contributed by atoms with Crippen molar-refractivity contribution in [3.05, 3.63) is 0 Å². The molecule has 0 unspecified atom stereocenters. The molecule has 1 aliphatic rings. The Balaban J connectivity index is 2.94. The number of piperidine rings is 1. The number of nitrogens with zero attached hydrogens (tertiary/aromatic N) is 1. The van der Waals surface area contributed by atoms with Gasteiger partial charge in [-0.15, -0.1) is 0 Å². The van der Waals surface area contributed by atoms with Crippen molar-refractivity contribution < 1.29 is 29.0 Å². The number of amides is 1. The molecule has 1 fully saturated rings. The van der Waals surface area contributed by atoms with Gasteiger partial charge < -0.3 is 14.6 Å².